The Labute approximate surface area is 104 Å². The molecule has 0 radical (unpaired) electrons. The van der Waals surface area contributed by atoms with Crippen LogP contribution >= 0.6 is 0 Å². The fourth-order valence-electron chi connectivity index (χ4n) is 1.47. The summed E-state index contributed by atoms with van der Waals surface area (Å²) in [5.41, 5.74) is 0.452. The summed E-state index contributed by atoms with van der Waals surface area (Å²) in [7, 11) is 0. The van der Waals surface area contributed by atoms with E-state index in [9.17, 15) is 14.9 Å². The van der Waals surface area contributed by atoms with E-state index < -0.39 is 16.9 Å². The summed E-state index contributed by atoms with van der Waals surface area (Å²) in [6.07, 6.45) is 1.72. The molecule has 0 fully saturated rings. The number of nitrogens with one attached hydrogen (secondary N) is 1. The summed E-state index contributed by atoms with van der Waals surface area (Å²) in [5, 5.41) is 22.2. The summed E-state index contributed by atoms with van der Waals surface area (Å²) in [6.45, 7) is 3.84. The molecular formula is C11H15N3O4. The lowest BCUT2D eigenvalue weighted by Gasteiger charge is -2.16. The monoisotopic (exact) mass is 253 g/mol. The molecule has 0 saturated carbocycles. The van der Waals surface area contributed by atoms with Gasteiger partial charge < -0.3 is 20.5 Å². The molecule has 0 aliphatic rings. The Kier molecular flexibility index (Phi) is 4.59. The number of aliphatic carboxylic acids is 1. The van der Waals surface area contributed by atoms with Gasteiger partial charge in [-0.05, 0) is 28.3 Å². The van der Waals surface area contributed by atoms with Crippen LogP contribution in [0.2, 0.25) is 0 Å². The average Bonchev–Trinajstić information content (AvgIpc) is 2.28. The van der Waals surface area contributed by atoms with Crippen LogP contribution in [0.25, 0.3) is 0 Å². The van der Waals surface area contributed by atoms with Crippen LogP contribution in [-0.2, 0) is 4.79 Å². The second kappa shape index (κ2) is 5.95. The van der Waals surface area contributed by atoms with Gasteiger partial charge in [0.1, 0.15) is 6.04 Å². The molecule has 0 spiro atoms. The quantitative estimate of drug-likeness (QED) is 0.592. The molecule has 1 heterocycles. The van der Waals surface area contributed by atoms with Gasteiger partial charge >= 0.3 is 11.8 Å². The van der Waals surface area contributed by atoms with E-state index in [1.54, 1.807) is 0 Å². The van der Waals surface area contributed by atoms with Crippen molar-refractivity contribution in [3.8, 4) is 0 Å². The van der Waals surface area contributed by atoms with Gasteiger partial charge in [-0.15, -0.1) is 0 Å². The van der Waals surface area contributed by atoms with Gasteiger partial charge in [0.25, 0.3) is 0 Å². The fourth-order valence-corrected chi connectivity index (χ4v) is 1.47. The lowest BCUT2D eigenvalue weighted by Crippen LogP contribution is -2.30. The van der Waals surface area contributed by atoms with Gasteiger partial charge in [0.2, 0.25) is 0 Å². The molecule has 98 valence electrons. The Bertz CT molecular complexity index is 430. The van der Waals surface area contributed by atoms with Gasteiger partial charge in [-0.25, -0.2) is 4.79 Å². The van der Waals surface area contributed by atoms with E-state index in [0.717, 1.165) is 0 Å². The standard InChI is InChI=1S/C11H15N3O4/c1-7(2)5-9(11(15)16)13-8-3-4-10(12-6-8)14(17)18/h3-4,6-7,9,13H,5H2,1-2H3,(H,15,16)/t9-/m0/s1. The Morgan fingerprint density at radius 1 is 1.56 bits per heavy atom. The largest absolute Gasteiger partial charge is 0.480 e. The smallest absolute Gasteiger partial charge is 0.363 e. The fraction of sp³-hybridized carbons (Fsp3) is 0.455. The molecule has 1 aromatic rings. The third-order valence-electron chi connectivity index (χ3n) is 2.28. The first-order valence-corrected chi connectivity index (χ1v) is 5.50. The molecule has 0 aromatic carbocycles. The Balaban J connectivity index is 2.75. The van der Waals surface area contributed by atoms with E-state index in [4.69, 9.17) is 5.11 Å². The van der Waals surface area contributed by atoms with Gasteiger partial charge in [0, 0.05) is 6.07 Å². The van der Waals surface area contributed by atoms with Crippen LogP contribution in [-0.4, -0.2) is 27.0 Å². The van der Waals surface area contributed by atoms with E-state index in [2.05, 4.69) is 10.3 Å². The highest BCUT2D eigenvalue weighted by Crippen LogP contribution is 2.15. The number of hydrogen-bond donors (Lipinski definition) is 2. The van der Waals surface area contributed by atoms with Gasteiger partial charge in [-0.2, -0.15) is 0 Å². The van der Waals surface area contributed by atoms with Gasteiger partial charge in [-0.3, -0.25) is 0 Å². The molecule has 0 saturated heterocycles. The average molecular weight is 253 g/mol. The van der Waals surface area contributed by atoms with Crippen molar-refractivity contribution in [2.24, 2.45) is 5.92 Å². The van der Waals surface area contributed by atoms with Crippen molar-refractivity contribution in [2.45, 2.75) is 26.3 Å². The molecule has 1 atom stereocenters. The summed E-state index contributed by atoms with van der Waals surface area (Å²) in [5.74, 6) is -0.997. The number of carbonyl (C=O) groups is 1. The van der Waals surface area contributed by atoms with E-state index in [0.29, 0.717) is 12.1 Å². The summed E-state index contributed by atoms with van der Waals surface area (Å²) in [4.78, 5) is 24.5. The van der Waals surface area contributed by atoms with Crippen molar-refractivity contribution in [1.29, 1.82) is 0 Å². The van der Waals surface area contributed by atoms with Crippen molar-refractivity contribution < 1.29 is 14.8 Å². The normalized spacial score (nSPS) is 12.2. The third-order valence-corrected chi connectivity index (χ3v) is 2.28. The number of pyridine rings is 1. The molecule has 1 rings (SSSR count). The summed E-state index contributed by atoms with van der Waals surface area (Å²) in [6, 6.07) is 1.95. The van der Waals surface area contributed by atoms with E-state index >= 15 is 0 Å². The number of carboxylic acid groups (broad SMARTS) is 1. The van der Waals surface area contributed by atoms with Crippen molar-refractivity contribution in [1.82, 2.24) is 4.98 Å². The topological polar surface area (TPSA) is 105 Å². The summed E-state index contributed by atoms with van der Waals surface area (Å²) >= 11 is 0. The molecule has 0 unspecified atom stereocenters. The first-order valence-electron chi connectivity index (χ1n) is 5.50. The zero-order chi connectivity index (χ0) is 13.7. The molecule has 0 amide bonds. The SMILES string of the molecule is CC(C)C[C@H](Nc1ccc([N+](=O)[O-])nc1)C(=O)O. The number of nitrogens with zero attached hydrogens (tertiary/aromatic N) is 2. The number of carboxylic acids is 1. The molecule has 0 bridgehead atoms. The van der Waals surface area contributed by atoms with E-state index in [1.807, 2.05) is 13.8 Å². The van der Waals surface area contributed by atoms with Crippen LogP contribution in [0.5, 0.6) is 0 Å². The summed E-state index contributed by atoms with van der Waals surface area (Å²) < 4.78 is 0. The second-order valence-electron chi connectivity index (χ2n) is 4.33. The van der Waals surface area contributed by atoms with Crippen LogP contribution in [0.4, 0.5) is 11.5 Å². The van der Waals surface area contributed by atoms with Crippen LogP contribution < -0.4 is 5.32 Å². The number of nitro groups is 1. The van der Waals surface area contributed by atoms with Crippen molar-refractivity contribution in [3.05, 3.63) is 28.4 Å². The van der Waals surface area contributed by atoms with Crippen LogP contribution in [0.1, 0.15) is 20.3 Å². The first kappa shape index (κ1) is 13.9. The Morgan fingerprint density at radius 2 is 2.22 bits per heavy atom. The Hall–Kier alpha value is -2.18. The number of hydrogen-bond acceptors (Lipinski definition) is 5. The number of anilines is 1. The van der Waals surface area contributed by atoms with Crippen LogP contribution in [0.3, 0.4) is 0 Å². The molecule has 7 nitrogen and oxygen atoms in total. The maximum Gasteiger partial charge on any atom is 0.363 e. The zero-order valence-corrected chi connectivity index (χ0v) is 10.2. The minimum Gasteiger partial charge on any atom is -0.480 e. The Morgan fingerprint density at radius 3 is 2.61 bits per heavy atom. The molecule has 0 aliphatic carbocycles. The molecule has 2 N–H and O–H groups in total. The van der Waals surface area contributed by atoms with Crippen molar-refractivity contribution in [3.63, 3.8) is 0 Å². The van der Waals surface area contributed by atoms with E-state index in [1.165, 1.54) is 18.3 Å². The molecule has 7 heteroatoms. The number of aromatic nitrogens is 1. The minimum absolute atomic E-state index is 0.226. The zero-order valence-electron chi connectivity index (χ0n) is 10.2. The lowest BCUT2D eigenvalue weighted by atomic mass is 10.0. The van der Waals surface area contributed by atoms with Crippen molar-refractivity contribution >= 4 is 17.5 Å². The highest BCUT2D eigenvalue weighted by Gasteiger charge is 2.19. The maximum atomic E-state index is 11.0. The lowest BCUT2D eigenvalue weighted by molar-refractivity contribution is -0.389. The predicted molar refractivity (Wildman–Crippen MR) is 65.4 cm³/mol. The van der Waals surface area contributed by atoms with Gasteiger partial charge in [0.05, 0.1) is 5.69 Å². The van der Waals surface area contributed by atoms with E-state index in [-0.39, 0.29) is 11.7 Å². The predicted octanol–water partition coefficient (Wildman–Crippen LogP) is 1.90. The second-order valence-corrected chi connectivity index (χ2v) is 4.33. The van der Waals surface area contributed by atoms with Gasteiger partial charge in [-0.1, -0.05) is 13.8 Å². The number of rotatable bonds is 6. The molecule has 1 aromatic heterocycles. The van der Waals surface area contributed by atoms with Gasteiger partial charge in [0.15, 0.2) is 6.20 Å². The minimum atomic E-state index is -0.956. The highest BCUT2D eigenvalue weighted by atomic mass is 16.6. The molecule has 0 aliphatic heterocycles. The maximum absolute atomic E-state index is 11.0. The van der Waals surface area contributed by atoms with Crippen LogP contribution in [0, 0.1) is 16.0 Å². The van der Waals surface area contributed by atoms with Crippen molar-refractivity contribution in [2.75, 3.05) is 5.32 Å². The highest BCUT2D eigenvalue weighted by molar-refractivity contribution is 5.77. The molecular weight excluding hydrogens is 238 g/mol. The van der Waals surface area contributed by atoms with Crippen LogP contribution in [0.15, 0.2) is 18.3 Å². The third kappa shape index (κ3) is 4.00. The first-order chi connectivity index (χ1) is 8.40. The molecule has 18 heavy (non-hydrogen) atoms.